The molecule has 80 valence electrons. The number of carboxylic acid groups (broad SMARTS) is 1. The molecule has 0 amide bonds. The molecule has 1 rings (SSSR count). The van der Waals surface area contributed by atoms with Crippen LogP contribution in [0.1, 0.15) is 5.56 Å². The van der Waals surface area contributed by atoms with Crippen LogP contribution in [0.2, 0.25) is 0 Å². The normalized spacial score (nSPS) is 13.6. The van der Waals surface area contributed by atoms with Crippen molar-refractivity contribution in [2.45, 2.75) is 6.04 Å². The lowest BCUT2D eigenvalue weighted by molar-refractivity contribution is -0.137. The highest BCUT2D eigenvalue weighted by Crippen LogP contribution is 2.21. The highest BCUT2D eigenvalue weighted by atomic mass is 19.1. The Morgan fingerprint density at radius 1 is 1.53 bits per heavy atom. The van der Waals surface area contributed by atoms with Gasteiger partial charge in [-0.15, -0.1) is 0 Å². The summed E-state index contributed by atoms with van der Waals surface area (Å²) in [6.07, 6.45) is 0.132. The van der Waals surface area contributed by atoms with E-state index < -0.39 is 12.0 Å². The summed E-state index contributed by atoms with van der Waals surface area (Å²) in [6.45, 7) is 0. The van der Waals surface area contributed by atoms with Gasteiger partial charge in [-0.2, -0.15) is 0 Å². The molecule has 1 unspecified atom stereocenters. The van der Waals surface area contributed by atoms with Crippen molar-refractivity contribution >= 4 is 11.5 Å². The first-order chi connectivity index (χ1) is 7.06. The number of hydrogen-bond donors (Lipinski definition) is 3. The summed E-state index contributed by atoms with van der Waals surface area (Å²) >= 11 is 0. The fourth-order valence-corrected chi connectivity index (χ4v) is 1.13. The van der Waals surface area contributed by atoms with Crippen molar-refractivity contribution in [1.29, 1.82) is 0 Å². The molecule has 0 aromatic heterocycles. The van der Waals surface area contributed by atoms with Gasteiger partial charge in [0.15, 0.2) is 0 Å². The molecule has 4 nitrogen and oxygen atoms in total. The number of aliphatic carboxylic acids is 1. The molecule has 0 radical (unpaired) electrons. The average Bonchev–Trinajstić information content (AvgIpc) is 2.18. The van der Waals surface area contributed by atoms with E-state index in [4.69, 9.17) is 15.9 Å². The Morgan fingerprint density at radius 3 is 2.67 bits per heavy atom. The molecule has 0 bridgehead atoms. The number of phenolic OH excluding ortho intramolecular Hbond substituents is 1. The molecule has 0 aliphatic rings. The number of aromatic hydroxyl groups is 1. The fraction of sp³-hybridized carbons (Fsp3) is 0.100. The second-order valence-corrected chi connectivity index (χ2v) is 2.93. The zero-order chi connectivity index (χ0) is 11.4. The number of hydrogen-bond acceptors (Lipinski definition) is 3. The highest BCUT2D eigenvalue weighted by molar-refractivity contribution is 5.90. The van der Waals surface area contributed by atoms with Gasteiger partial charge in [0.25, 0.3) is 0 Å². The van der Waals surface area contributed by atoms with Crippen molar-refractivity contribution in [2.75, 3.05) is 0 Å². The Bertz CT molecular complexity index is 403. The third kappa shape index (κ3) is 2.54. The van der Waals surface area contributed by atoms with Crippen LogP contribution in [-0.4, -0.2) is 22.2 Å². The number of benzene rings is 1. The SMILES string of the molecule is NC(C(=O)O)/C(=C\F)c1cccc(O)c1. The van der Waals surface area contributed by atoms with Gasteiger partial charge in [-0.3, -0.25) is 4.79 Å². The summed E-state index contributed by atoms with van der Waals surface area (Å²) in [5.41, 5.74) is 5.32. The maximum absolute atomic E-state index is 12.5. The van der Waals surface area contributed by atoms with Gasteiger partial charge >= 0.3 is 5.97 Å². The Hall–Kier alpha value is -1.88. The van der Waals surface area contributed by atoms with Crippen molar-refractivity contribution in [3.63, 3.8) is 0 Å². The van der Waals surface area contributed by atoms with E-state index in [9.17, 15) is 9.18 Å². The van der Waals surface area contributed by atoms with Crippen LogP contribution in [0.15, 0.2) is 30.6 Å². The molecular formula is C10H10FNO3. The summed E-state index contributed by atoms with van der Waals surface area (Å²) in [5.74, 6) is -1.41. The maximum atomic E-state index is 12.5. The van der Waals surface area contributed by atoms with Crippen LogP contribution in [0.3, 0.4) is 0 Å². The molecule has 1 aromatic carbocycles. The summed E-state index contributed by atoms with van der Waals surface area (Å²) in [7, 11) is 0. The van der Waals surface area contributed by atoms with Gasteiger partial charge < -0.3 is 15.9 Å². The van der Waals surface area contributed by atoms with Gasteiger partial charge in [-0.1, -0.05) is 12.1 Å². The Labute approximate surface area is 85.5 Å². The first-order valence-electron chi connectivity index (χ1n) is 4.14. The molecule has 1 aromatic rings. The molecule has 0 aliphatic carbocycles. The zero-order valence-corrected chi connectivity index (χ0v) is 7.72. The highest BCUT2D eigenvalue weighted by Gasteiger charge is 2.19. The number of carboxylic acids is 1. The maximum Gasteiger partial charge on any atom is 0.325 e. The molecule has 0 saturated carbocycles. The zero-order valence-electron chi connectivity index (χ0n) is 7.72. The number of carbonyl (C=O) groups is 1. The van der Waals surface area contributed by atoms with Crippen LogP contribution in [0.4, 0.5) is 4.39 Å². The third-order valence-corrected chi connectivity index (χ3v) is 1.90. The van der Waals surface area contributed by atoms with E-state index in [-0.39, 0.29) is 23.2 Å². The second kappa shape index (κ2) is 4.56. The molecule has 0 fully saturated rings. The lowest BCUT2D eigenvalue weighted by Gasteiger charge is -2.10. The second-order valence-electron chi connectivity index (χ2n) is 2.93. The first-order valence-corrected chi connectivity index (χ1v) is 4.14. The average molecular weight is 211 g/mol. The van der Waals surface area contributed by atoms with Crippen LogP contribution in [0.25, 0.3) is 5.57 Å². The molecule has 4 N–H and O–H groups in total. The fourth-order valence-electron chi connectivity index (χ4n) is 1.13. The smallest absolute Gasteiger partial charge is 0.325 e. The van der Waals surface area contributed by atoms with E-state index in [2.05, 4.69) is 0 Å². The molecule has 15 heavy (non-hydrogen) atoms. The minimum atomic E-state index is -1.45. The molecule has 0 heterocycles. The van der Waals surface area contributed by atoms with Gasteiger partial charge in [0.05, 0.1) is 6.33 Å². The molecule has 5 heteroatoms. The molecule has 0 spiro atoms. The Morgan fingerprint density at radius 2 is 2.20 bits per heavy atom. The Kier molecular flexibility index (Phi) is 3.41. The molecule has 0 saturated heterocycles. The Balaban J connectivity index is 3.09. The third-order valence-electron chi connectivity index (χ3n) is 1.90. The monoisotopic (exact) mass is 211 g/mol. The van der Waals surface area contributed by atoms with Gasteiger partial charge in [0.2, 0.25) is 0 Å². The van der Waals surface area contributed by atoms with Crippen LogP contribution in [0, 0.1) is 0 Å². The predicted octanol–water partition coefficient (Wildman–Crippen LogP) is 1.11. The number of rotatable bonds is 3. The quantitative estimate of drug-likeness (QED) is 0.699. The summed E-state index contributed by atoms with van der Waals surface area (Å²) < 4.78 is 12.5. The standard InChI is InChI=1S/C10H10FNO3/c11-5-8(9(12)10(14)15)6-2-1-3-7(13)4-6/h1-5,9,13H,12H2,(H,14,15)/b8-5-. The van der Waals surface area contributed by atoms with Crippen LogP contribution >= 0.6 is 0 Å². The first kappa shape index (κ1) is 11.2. The number of halogens is 1. The largest absolute Gasteiger partial charge is 0.508 e. The van der Waals surface area contributed by atoms with Crippen molar-refractivity contribution in [2.24, 2.45) is 5.73 Å². The lowest BCUT2D eigenvalue weighted by atomic mass is 10.0. The van der Waals surface area contributed by atoms with Gasteiger partial charge in [0, 0.05) is 5.57 Å². The molecule has 0 aliphatic heterocycles. The van der Waals surface area contributed by atoms with E-state index >= 15 is 0 Å². The van der Waals surface area contributed by atoms with Crippen LogP contribution < -0.4 is 5.73 Å². The van der Waals surface area contributed by atoms with Crippen molar-refractivity contribution in [3.8, 4) is 5.75 Å². The minimum absolute atomic E-state index is 0.0792. The molecule has 1 atom stereocenters. The lowest BCUT2D eigenvalue weighted by Crippen LogP contribution is -2.31. The van der Waals surface area contributed by atoms with Gasteiger partial charge in [-0.05, 0) is 17.7 Å². The molecular weight excluding hydrogens is 201 g/mol. The van der Waals surface area contributed by atoms with Crippen molar-refractivity contribution in [1.82, 2.24) is 0 Å². The van der Waals surface area contributed by atoms with E-state index in [1.54, 1.807) is 0 Å². The van der Waals surface area contributed by atoms with Crippen LogP contribution in [-0.2, 0) is 4.79 Å². The van der Waals surface area contributed by atoms with E-state index in [1.165, 1.54) is 24.3 Å². The number of phenols is 1. The topological polar surface area (TPSA) is 83.6 Å². The van der Waals surface area contributed by atoms with Crippen molar-refractivity contribution < 1.29 is 19.4 Å². The summed E-state index contributed by atoms with van der Waals surface area (Å²) in [6, 6.07) is 4.13. The predicted molar refractivity (Wildman–Crippen MR) is 52.8 cm³/mol. The number of nitrogens with two attached hydrogens (primary N) is 1. The van der Waals surface area contributed by atoms with Crippen molar-refractivity contribution in [3.05, 3.63) is 36.2 Å². The van der Waals surface area contributed by atoms with E-state index in [0.29, 0.717) is 0 Å². The minimum Gasteiger partial charge on any atom is -0.508 e. The van der Waals surface area contributed by atoms with Crippen LogP contribution in [0.5, 0.6) is 5.75 Å². The van der Waals surface area contributed by atoms with E-state index in [1.807, 2.05) is 0 Å². The van der Waals surface area contributed by atoms with Gasteiger partial charge in [-0.25, -0.2) is 4.39 Å². The van der Waals surface area contributed by atoms with E-state index in [0.717, 1.165) is 0 Å². The summed E-state index contributed by atoms with van der Waals surface area (Å²) in [5, 5.41) is 17.8. The summed E-state index contributed by atoms with van der Waals surface area (Å²) in [4.78, 5) is 10.6. The van der Waals surface area contributed by atoms with Gasteiger partial charge in [0.1, 0.15) is 11.8 Å².